The van der Waals surface area contributed by atoms with Gasteiger partial charge < -0.3 is 5.73 Å². The highest BCUT2D eigenvalue weighted by Gasteiger charge is 2.15. The molecule has 0 fully saturated rings. The number of carbonyl (C=O) groups is 1. The molecule has 3 aromatic rings. The van der Waals surface area contributed by atoms with Gasteiger partial charge in [0.1, 0.15) is 10.7 Å². The maximum atomic E-state index is 12.4. The molecule has 0 aliphatic heterocycles. The number of nitrogen functional groups attached to an aromatic ring is 1. The number of aryl methyl sites for hydroxylation is 2. The maximum Gasteiger partial charge on any atom is 0.276 e. The fourth-order valence-corrected chi connectivity index (χ4v) is 2.69. The number of benzene rings is 1. The van der Waals surface area contributed by atoms with Crippen molar-refractivity contribution < 1.29 is 4.79 Å². The molecule has 0 unspecified atom stereocenters. The smallest absolute Gasteiger partial charge is 0.276 e. The Kier molecular flexibility index (Phi) is 3.26. The first kappa shape index (κ1) is 13.4. The average Bonchev–Trinajstić information content (AvgIpc) is 2.84. The van der Waals surface area contributed by atoms with Gasteiger partial charge in [0, 0.05) is 22.2 Å². The number of nitrogens with one attached hydrogen (secondary N) is 1. The molecule has 0 spiro atoms. The minimum Gasteiger partial charge on any atom is -0.398 e. The van der Waals surface area contributed by atoms with Gasteiger partial charge in [-0.05, 0) is 26.0 Å². The van der Waals surface area contributed by atoms with E-state index in [1.165, 1.54) is 11.3 Å². The van der Waals surface area contributed by atoms with Gasteiger partial charge in [0.05, 0.1) is 0 Å². The van der Waals surface area contributed by atoms with E-state index in [1.54, 1.807) is 12.1 Å². The van der Waals surface area contributed by atoms with Gasteiger partial charge in [-0.1, -0.05) is 23.5 Å². The summed E-state index contributed by atoms with van der Waals surface area (Å²) < 4.78 is 0. The number of rotatable bonds is 2. The van der Waals surface area contributed by atoms with Crippen molar-refractivity contribution >= 4 is 38.8 Å². The fourth-order valence-electron chi connectivity index (χ4n) is 2.10. The number of amides is 1. The predicted octanol–water partition coefficient (Wildman–Crippen LogP) is 2.54. The van der Waals surface area contributed by atoms with Gasteiger partial charge in [-0.3, -0.25) is 10.1 Å². The number of anilines is 2. The zero-order chi connectivity index (χ0) is 15.0. The Hall–Kier alpha value is -2.54. The third-order valence-electron chi connectivity index (χ3n) is 3.00. The monoisotopic (exact) mass is 299 g/mol. The second-order valence-electron chi connectivity index (χ2n) is 4.63. The summed E-state index contributed by atoms with van der Waals surface area (Å²) in [6.45, 7) is 3.66. The number of nitrogens with two attached hydrogens (primary N) is 1. The van der Waals surface area contributed by atoms with Crippen LogP contribution < -0.4 is 11.1 Å². The fraction of sp³-hybridized carbons (Fsp3) is 0.143. The number of hydrogen-bond donors (Lipinski definition) is 2. The average molecular weight is 299 g/mol. The highest BCUT2D eigenvalue weighted by Crippen LogP contribution is 2.25. The third-order valence-corrected chi connectivity index (χ3v) is 3.75. The highest BCUT2D eigenvalue weighted by atomic mass is 32.1. The van der Waals surface area contributed by atoms with Crippen molar-refractivity contribution in [3.63, 3.8) is 0 Å². The molecule has 0 aliphatic carbocycles. The summed E-state index contributed by atoms with van der Waals surface area (Å²) in [5, 5.41) is 13.3. The van der Waals surface area contributed by atoms with Crippen LogP contribution in [0.3, 0.4) is 0 Å². The number of aromatic nitrogens is 3. The molecule has 2 aromatic heterocycles. The largest absolute Gasteiger partial charge is 0.398 e. The van der Waals surface area contributed by atoms with Crippen LogP contribution in [0.5, 0.6) is 0 Å². The molecular formula is C14H13N5OS. The number of fused-ring (bicyclic) bond motifs is 1. The van der Waals surface area contributed by atoms with E-state index in [1.807, 2.05) is 26.0 Å². The summed E-state index contributed by atoms with van der Waals surface area (Å²) in [7, 11) is 0. The van der Waals surface area contributed by atoms with Crippen molar-refractivity contribution in [1.29, 1.82) is 0 Å². The molecular weight excluding hydrogens is 286 g/mol. The second kappa shape index (κ2) is 5.10. The van der Waals surface area contributed by atoms with Gasteiger partial charge in [0.25, 0.3) is 5.91 Å². The van der Waals surface area contributed by atoms with E-state index in [0.717, 1.165) is 21.5 Å². The number of carbonyl (C=O) groups excluding carboxylic acids is 1. The van der Waals surface area contributed by atoms with Crippen molar-refractivity contribution in [3.8, 4) is 0 Å². The molecule has 2 heterocycles. The van der Waals surface area contributed by atoms with Gasteiger partial charge in [0.15, 0.2) is 0 Å². The molecule has 0 bridgehead atoms. The molecule has 6 nitrogen and oxygen atoms in total. The third kappa shape index (κ3) is 2.55. The molecule has 3 N–H and O–H groups in total. The van der Waals surface area contributed by atoms with Crippen molar-refractivity contribution in [2.45, 2.75) is 13.8 Å². The Balaban J connectivity index is 2.07. The number of hydrogen-bond acceptors (Lipinski definition) is 6. The summed E-state index contributed by atoms with van der Waals surface area (Å²) >= 11 is 1.32. The van der Waals surface area contributed by atoms with Crippen LogP contribution in [-0.2, 0) is 0 Å². The van der Waals surface area contributed by atoms with E-state index in [-0.39, 0.29) is 5.91 Å². The molecule has 3 rings (SSSR count). The molecule has 21 heavy (non-hydrogen) atoms. The molecule has 0 saturated carbocycles. The van der Waals surface area contributed by atoms with E-state index in [9.17, 15) is 4.79 Å². The van der Waals surface area contributed by atoms with Crippen LogP contribution >= 0.6 is 11.3 Å². The molecule has 0 aliphatic rings. The van der Waals surface area contributed by atoms with E-state index in [4.69, 9.17) is 5.73 Å². The van der Waals surface area contributed by atoms with Crippen molar-refractivity contribution in [2.75, 3.05) is 11.1 Å². The number of pyridine rings is 1. The van der Waals surface area contributed by atoms with Crippen LogP contribution in [0.1, 0.15) is 21.2 Å². The Morgan fingerprint density at radius 1 is 1.24 bits per heavy atom. The quantitative estimate of drug-likeness (QED) is 0.709. The SMILES string of the molecule is Cc1cc2c(N)cccc2c(C(=O)Nc2nnc(C)s2)n1. The molecule has 0 saturated heterocycles. The summed E-state index contributed by atoms with van der Waals surface area (Å²) in [5.41, 5.74) is 7.67. The van der Waals surface area contributed by atoms with Gasteiger partial charge in [-0.25, -0.2) is 4.98 Å². The van der Waals surface area contributed by atoms with Gasteiger partial charge in [-0.2, -0.15) is 0 Å². The summed E-state index contributed by atoms with van der Waals surface area (Å²) in [6.07, 6.45) is 0. The Labute approximate surface area is 125 Å². The predicted molar refractivity (Wildman–Crippen MR) is 83.5 cm³/mol. The van der Waals surface area contributed by atoms with E-state index in [0.29, 0.717) is 16.5 Å². The molecule has 7 heteroatoms. The zero-order valence-corrected chi connectivity index (χ0v) is 12.4. The van der Waals surface area contributed by atoms with E-state index < -0.39 is 0 Å². The first-order valence-corrected chi connectivity index (χ1v) is 7.13. The topological polar surface area (TPSA) is 93.8 Å². The zero-order valence-electron chi connectivity index (χ0n) is 11.5. The minimum absolute atomic E-state index is 0.314. The maximum absolute atomic E-state index is 12.4. The van der Waals surface area contributed by atoms with E-state index in [2.05, 4.69) is 20.5 Å². The molecule has 106 valence electrons. The Bertz CT molecular complexity index is 842. The van der Waals surface area contributed by atoms with Crippen LogP contribution in [0.2, 0.25) is 0 Å². The first-order valence-electron chi connectivity index (χ1n) is 6.32. The van der Waals surface area contributed by atoms with Crippen LogP contribution in [0.25, 0.3) is 10.8 Å². The van der Waals surface area contributed by atoms with Crippen LogP contribution in [0.15, 0.2) is 24.3 Å². The lowest BCUT2D eigenvalue weighted by Gasteiger charge is -2.08. The lowest BCUT2D eigenvalue weighted by molar-refractivity contribution is 0.102. The Morgan fingerprint density at radius 2 is 2.05 bits per heavy atom. The molecule has 0 radical (unpaired) electrons. The minimum atomic E-state index is -0.314. The molecule has 1 amide bonds. The normalized spacial score (nSPS) is 10.8. The van der Waals surface area contributed by atoms with Crippen LogP contribution in [0.4, 0.5) is 10.8 Å². The van der Waals surface area contributed by atoms with Crippen LogP contribution in [-0.4, -0.2) is 21.1 Å². The second-order valence-corrected chi connectivity index (χ2v) is 5.82. The van der Waals surface area contributed by atoms with Gasteiger partial charge in [0.2, 0.25) is 5.13 Å². The van der Waals surface area contributed by atoms with E-state index >= 15 is 0 Å². The van der Waals surface area contributed by atoms with Crippen molar-refractivity contribution in [1.82, 2.24) is 15.2 Å². The Morgan fingerprint density at radius 3 is 2.76 bits per heavy atom. The lowest BCUT2D eigenvalue weighted by Crippen LogP contribution is -2.15. The van der Waals surface area contributed by atoms with Crippen LogP contribution in [0, 0.1) is 13.8 Å². The first-order chi connectivity index (χ1) is 10.0. The molecule has 1 aromatic carbocycles. The van der Waals surface area contributed by atoms with Gasteiger partial charge >= 0.3 is 0 Å². The summed E-state index contributed by atoms with van der Waals surface area (Å²) in [5.74, 6) is -0.314. The van der Waals surface area contributed by atoms with Gasteiger partial charge in [-0.15, -0.1) is 10.2 Å². The molecule has 0 atom stereocenters. The van der Waals surface area contributed by atoms with Crippen molar-refractivity contribution in [3.05, 3.63) is 40.7 Å². The van der Waals surface area contributed by atoms with Crippen molar-refractivity contribution in [2.24, 2.45) is 0 Å². The highest BCUT2D eigenvalue weighted by molar-refractivity contribution is 7.15. The summed E-state index contributed by atoms with van der Waals surface area (Å²) in [4.78, 5) is 16.8. The summed E-state index contributed by atoms with van der Waals surface area (Å²) in [6, 6.07) is 7.31. The number of nitrogens with zero attached hydrogens (tertiary/aromatic N) is 3. The lowest BCUT2D eigenvalue weighted by atomic mass is 10.1. The standard InChI is InChI=1S/C14H13N5OS/c1-7-6-10-9(4-3-5-11(10)15)12(16-7)13(20)17-14-19-18-8(2)21-14/h3-6H,15H2,1-2H3,(H,17,19,20).